The van der Waals surface area contributed by atoms with Crippen molar-refractivity contribution in [3.8, 4) is 0 Å². The first-order chi connectivity index (χ1) is 11.2. The lowest BCUT2D eigenvalue weighted by molar-refractivity contribution is -0.123. The van der Waals surface area contributed by atoms with E-state index in [0.717, 1.165) is 10.6 Å². The summed E-state index contributed by atoms with van der Waals surface area (Å²) in [7, 11) is 0. The van der Waals surface area contributed by atoms with E-state index in [1.54, 1.807) is 11.3 Å². The molecule has 2 rings (SSSR count). The Morgan fingerprint density at radius 1 is 1.29 bits per heavy atom. The van der Waals surface area contributed by atoms with Gasteiger partial charge in [0.2, 0.25) is 5.91 Å². The summed E-state index contributed by atoms with van der Waals surface area (Å²) in [4.78, 5) is 28.7. The number of thiophene rings is 2. The zero-order valence-corrected chi connectivity index (χ0v) is 16.4. The Balaban J connectivity index is 2.15. The largest absolute Gasteiger partial charge is 0.333 e. The van der Waals surface area contributed by atoms with Gasteiger partial charge in [0.25, 0.3) is 5.91 Å². The van der Waals surface area contributed by atoms with Crippen LogP contribution in [0.5, 0.6) is 0 Å². The third kappa shape index (κ3) is 4.45. The molecule has 2 aromatic rings. The SMILES string of the molecule is CCN(Cc1cccs1)C(=O)c1sc(NC(=O)C(C)(C)C)cc1C. The zero-order valence-electron chi connectivity index (χ0n) is 14.8. The maximum atomic E-state index is 12.8. The van der Waals surface area contributed by atoms with Crippen LogP contribution < -0.4 is 5.32 Å². The van der Waals surface area contributed by atoms with E-state index < -0.39 is 5.41 Å². The van der Waals surface area contributed by atoms with E-state index in [9.17, 15) is 9.59 Å². The van der Waals surface area contributed by atoms with Crippen LogP contribution in [0.1, 0.15) is 47.8 Å². The van der Waals surface area contributed by atoms with Gasteiger partial charge in [-0.25, -0.2) is 0 Å². The molecule has 0 unspecified atom stereocenters. The molecule has 2 aromatic heterocycles. The molecule has 0 atom stereocenters. The first-order valence-electron chi connectivity index (χ1n) is 7.96. The topological polar surface area (TPSA) is 49.4 Å². The summed E-state index contributed by atoms with van der Waals surface area (Å²) in [6.45, 7) is 10.8. The molecule has 2 amide bonds. The van der Waals surface area contributed by atoms with Gasteiger partial charge in [-0.2, -0.15) is 0 Å². The average molecular weight is 365 g/mol. The predicted molar refractivity (Wildman–Crippen MR) is 102 cm³/mol. The number of amides is 2. The molecular formula is C18H24N2O2S2. The van der Waals surface area contributed by atoms with E-state index in [1.165, 1.54) is 16.2 Å². The second kappa shape index (κ2) is 7.49. The maximum absolute atomic E-state index is 12.8. The standard InChI is InChI=1S/C18H24N2O2S2/c1-6-20(11-13-8-7-9-23-13)16(21)15-12(2)10-14(24-15)19-17(22)18(3,4)5/h7-10H,6,11H2,1-5H3,(H,19,22). The van der Waals surface area contributed by atoms with Crippen molar-refractivity contribution in [1.29, 1.82) is 0 Å². The van der Waals surface area contributed by atoms with Crippen LogP contribution in [-0.4, -0.2) is 23.3 Å². The minimum atomic E-state index is -0.462. The molecule has 24 heavy (non-hydrogen) atoms. The van der Waals surface area contributed by atoms with Crippen molar-refractivity contribution >= 4 is 39.5 Å². The van der Waals surface area contributed by atoms with E-state index in [1.807, 2.05) is 63.1 Å². The second-order valence-corrected chi connectivity index (χ2v) is 8.81. The number of anilines is 1. The summed E-state index contributed by atoms with van der Waals surface area (Å²) in [5.41, 5.74) is 0.440. The van der Waals surface area contributed by atoms with Crippen LogP contribution in [0.15, 0.2) is 23.6 Å². The van der Waals surface area contributed by atoms with Crippen LogP contribution in [0.2, 0.25) is 0 Å². The summed E-state index contributed by atoms with van der Waals surface area (Å²) >= 11 is 3.00. The monoisotopic (exact) mass is 364 g/mol. The number of nitrogens with zero attached hydrogens (tertiary/aromatic N) is 1. The molecule has 130 valence electrons. The van der Waals surface area contributed by atoms with Crippen molar-refractivity contribution in [1.82, 2.24) is 4.90 Å². The fourth-order valence-corrected chi connectivity index (χ4v) is 3.87. The highest BCUT2D eigenvalue weighted by Crippen LogP contribution is 2.30. The Morgan fingerprint density at radius 3 is 2.54 bits per heavy atom. The summed E-state index contributed by atoms with van der Waals surface area (Å²) in [5.74, 6) is -0.0293. The number of hydrogen-bond donors (Lipinski definition) is 1. The van der Waals surface area contributed by atoms with Gasteiger partial charge in [-0.3, -0.25) is 9.59 Å². The summed E-state index contributed by atoms with van der Waals surface area (Å²) in [6.07, 6.45) is 0. The van der Waals surface area contributed by atoms with E-state index in [2.05, 4.69) is 5.32 Å². The fourth-order valence-electron chi connectivity index (χ4n) is 2.12. The lowest BCUT2D eigenvalue weighted by atomic mass is 9.96. The molecule has 0 spiro atoms. The minimum absolute atomic E-state index is 0.0182. The lowest BCUT2D eigenvalue weighted by Crippen LogP contribution is -2.29. The van der Waals surface area contributed by atoms with Gasteiger partial charge in [-0.15, -0.1) is 22.7 Å². The van der Waals surface area contributed by atoms with Crippen molar-refractivity contribution in [2.45, 2.75) is 41.2 Å². The van der Waals surface area contributed by atoms with Crippen LogP contribution in [0.4, 0.5) is 5.00 Å². The van der Waals surface area contributed by atoms with E-state index in [-0.39, 0.29) is 11.8 Å². The molecule has 2 heterocycles. The number of nitrogens with one attached hydrogen (secondary N) is 1. The normalized spacial score (nSPS) is 11.4. The molecule has 0 aromatic carbocycles. The molecule has 0 fully saturated rings. The molecule has 4 nitrogen and oxygen atoms in total. The van der Waals surface area contributed by atoms with E-state index in [0.29, 0.717) is 18.0 Å². The third-order valence-electron chi connectivity index (χ3n) is 3.63. The second-order valence-electron chi connectivity index (χ2n) is 6.73. The van der Waals surface area contributed by atoms with Crippen molar-refractivity contribution in [3.63, 3.8) is 0 Å². The van der Waals surface area contributed by atoms with E-state index in [4.69, 9.17) is 0 Å². The van der Waals surface area contributed by atoms with Crippen LogP contribution in [0, 0.1) is 12.3 Å². The summed E-state index contributed by atoms with van der Waals surface area (Å²) in [5, 5.41) is 5.65. The first-order valence-corrected chi connectivity index (χ1v) is 9.65. The maximum Gasteiger partial charge on any atom is 0.264 e. The molecule has 0 saturated carbocycles. The smallest absolute Gasteiger partial charge is 0.264 e. The molecule has 1 N–H and O–H groups in total. The lowest BCUT2D eigenvalue weighted by Gasteiger charge is -2.19. The number of hydrogen-bond acceptors (Lipinski definition) is 4. The summed E-state index contributed by atoms with van der Waals surface area (Å²) < 4.78 is 0. The Hall–Kier alpha value is -1.66. The van der Waals surface area contributed by atoms with Gasteiger partial charge in [0, 0.05) is 16.8 Å². The number of carbonyl (C=O) groups excluding carboxylic acids is 2. The Morgan fingerprint density at radius 2 is 2.00 bits per heavy atom. The van der Waals surface area contributed by atoms with Crippen LogP contribution in [0.3, 0.4) is 0 Å². The van der Waals surface area contributed by atoms with Gasteiger partial charge in [0.1, 0.15) is 0 Å². The molecule has 0 bridgehead atoms. The Bertz CT molecular complexity index is 712. The highest BCUT2D eigenvalue weighted by atomic mass is 32.1. The Kier molecular flexibility index (Phi) is 5.83. The van der Waals surface area contributed by atoms with Gasteiger partial charge in [-0.05, 0) is 36.9 Å². The van der Waals surface area contributed by atoms with Crippen LogP contribution in [0.25, 0.3) is 0 Å². The quantitative estimate of drug-likeness (QED) is 0.831. The van der Waals surface area contributed by atoms with Crippen LogP contribution in [-0.2, 0) is 11.3 Å². The highest BCUT2D eigenvalue weighted by Gasteiger charge is 2.24. The number of rotatable bonds is 5. The minimum Gasteiger partial charge on any atom is -0.333 e. The molecular weight excluding hydrogens is 340 g/mol. The number of carbonyl (C=O) groups is 2. The molecule has 6 heteroatoms. The van der Waals surface area contributed by atoms with Crippen molar-refractivity contribution in [2.75, 3.05) is 11.9 Å². The molecule has 0 radical (unpaired) electrons. The van der Waals surface area contributed by atoms with Crippen molar-refractivity contribution in [3.05, 3.63) is 38.9 Å². The van der Waals surface area contributed by atoms with Crippen molar-refractivity contribution < 1.29 is 9.59 Å². The summed E-state index contributed by atoms with van der Waals surface area (Å²) in [6, 6.07) is 5.91. The van der Waals surface area contributed by atoms with Gasteiger partial charge >= 0.3 is 0 Å². The van der Waals surface area contributed by atoms with Gasteiger partial charge < -0.3 is 10.2 Å². The Labute approximate surface area is 151 Å². The van der Waals surface area contributed by atoms with Crippen molar-refractivity contribution in [2.24, 2.45) is 5.41 Å². The first kappa shape index (κ1) is 18.7. The predicted octanol–water partition coefficient (Wildman–Crippen LogP) is 4.76. The average Bonchev–Trinajstić information content (AvgIpc) is 3.12. The van der Waals surface area contributed by atoms with Crippen LogP contribution >= 0.6 is 22.7 Å². The van der Waals surface area contributed by atoms with Gasteiger partial charge in [0.15, 0.2) is 0 Å². The molecule has 0 aliphatic rings. The molecule has 0 aliphatic heterocycles. The van der Waals surface area contributed by atoms with Gasteiger partial charge in [-0.1, -0.05) is 26.8 Å². The fraction of sp³-hybridized carbons (Fsp3) is 0.444. The highest BCUT2D eigenvalue weighted by molar-refractivity contribution is 7.18. The third-order valence-corrected chi connectivity index (χ3v) is 5.63. The number of aryl methyl sites for hydroxylation is 1. The van der Waals surface area contributed by atoms with Gasteiger partial charge in [0.05, 0.1) is 16.4 Å². The van der Waals surface area contributed by atoms with E-state index >= 15 is 0 Å². The zero-order chi connectivity index (χ0) is 17.9. The molecule has 0 saturated heterocycles. The molecule has 0 aliphatic carbocycles.